The highest BCUT2D eigenvalue weighted by Gasteiger charge is 2.18. The maximum atomic E-state index is 12.5. The number of pyridine rings is 1. The Morgan fingerprint density at radius 3 is 2.70 bits per heavy atom. The molecule has 0 radical (unpaired) electrons. The summed E-state index contributed by atoms with van der Waals surface area (Å²) < 4.78 is 0. The summed E-state index contributed by atoms with van der Waals surface area (Å²) in [4.78, 5) is 21.0. The topological polar surface area (TPSA) is 72.3 Å². The molecule has 1 aromatic carbocycles. The molecular weight excluding hydrogens is 362 g/mol. The van der Waals surface area contributed by atoms with E-state index >= 15 is 0 Å². The van der Waals surface area contributed by atoms with Gasteiger partial charge in [0.15, 0.2) is 0 Å². The summed E-state index contributed by atoms with van der Waals surface area (Å²) in [5.41, 5.74) is 1.56. The standard InChI is InChI=1S/C20H20ClN5O/c1-15-5-6-17(21)12-18(15)24-20(27)16(13-22)14-25-8-10-26(11-9-25)19-4-2-3-7-23-19/h2-7,12,14H,8-11H2,1H3,(H,24,27)/b16-14-. The Kier molecular flexibility index (Phi) is 5.94. The number of rotatable bonds is 4. The van der Waals surface area contributed by atoms with E-state index in [0.29, 0.717) is 23.8 Å². The van der Waals surface area contributed by atoms with Crippen molar-refractivity contribution < 1.29 is 4.79 Å². The van der Waals surface area contributed by atoms with Crippen molar-refractivity contribution in [1.29, 1.82) is 5.26 Å². The summed E-state index contributed by atoms with van der Waals surface area (Å²) in [6, 6.07) is 13.1. The number of benzene rings is 1. The van der Waals surface area contributed by atoms with E-state index in [-0.39, 0.29) is 5.57 Å². The lowest BCUT2D eigenvalue weighted by atomic mass is 10.2. The molecule has 7 heteroatoms. The van der Waals surface area contributed by atoms with Gasteiger partial charge in [-0.2, -0.15) is 5.26 Å². The van der Waals surface area contributed by atoms with Gasteiger partial charge in [-0.1, -0.05) is 23.7 Å². The Balaban J connectivity index is 1.64. The van der Waals surface area contributed by atoms with Crippen LogP contribution in [0.5, 0.6) is 0 Å². The van der Waals surface area contributed by atoms with Gasteiger partial charge in [0.25, 0.3) is 5.91 Å². The highest BCUT2D eigenvalue weighted by molar-refractivity contribution is 6.31. The smallest absolute Gasteiger partial charge is 0.267 e. The van der Waals surface area contributed by atoms with Crippen LogP contribution in [0, 0.1) is 18.3 Å². The number of carbonyl (C=O) groups is 1. The van der Waals surface area contributed by atoms with Crippen LogP contribution >= 0.6 is 11.6 Å². The summed E-state index contributed by atoms with van der Waals surface area (Å²) in [5.74, 6) is 0.505. The lowest BCUT2D eigenvalue weighted by Crippen LogP contribution is -2.44. The molecule has 1 aliphatic heterocycles. The molecule has 1 saturated heterocycles. The van der Waals surface area contributed by atoms with E-state index in [2.05, 4.69) is 15.2 Å². The first-order valence-electron chi connectivity index (χ1n) is 8.66. The summed E-state index contributed by atoms with van der Waals surface area (Å²) in [6.07, 6.45) is 3.41. The third-order valence-electron chi connectivity index (χ3n) is 4.41. The number of nitrogens with one attached hydrogen (secondary N) is 1. The molecule has 1 fully saturated rings. The number of halogens is 1. The Hall–Kier alpha value is -3.04. The number of nitriles is 1. The number of amides is 1. The van der Waals surface area contributed by atoms with Crippen molar-refractivity contribution in [3.63, 3.8) is 0 Å². The van der Waals surface area contributed by atoms with Gasteiger partial charge >= 0.3 is 0 Å². The molecule has 0 aliphatic carbocycles. The van der Waals surface area contributed by atoms with Crippen LogP contribution in [0.3, 0.4) is 0 Å². The Morgan fingerprint density at radius 1 is 1.26 bits per heavy atom. The number of piperazine rings is 1. The van der Waals surface area contributed by atoms with E-state index in [4.69, 9.17) is 11.6 Å². The van der Waals surface area contributed by atoms with Gasteiger partial charge < -0.3 is 15.1 Å². The monoisotopic (exact) mass is 381 g/mol. The molecule has 2 heterocycles. The number of aryl methyl sites for hydroxylation is 1. The molecule has 6 nitrogen and oxygen atoms in total. The van der Waals surface area contributed by atoms with Crippen LogP contribution in [0.1, 0.15) is 5.56 Å². The van der Waals surface area contributed by atoms with Crippen molar-refractivity contribution in [2.24, 2.45) is 0 Å². The molecule has 3 rings (SSSR count). The molecule has 1 N–H and O–H groups in total. The van der Waals surface area contributed by atoms with E-state index in [1.807, 2.05) is 42.2 Å². The molecule has 1 aliphatic rings. The van der Waals surface area contributed by atoms with Crippen LogP contribution in [0.25, 0.3) is 0 Å². The first-order chi connectivity index (χ1) is 13.1. The number of nitrogens with zero attached hydrogens (tertiary/aromatic N) is 4. The summed E-state index contributed by atoms with van der Waals surface area (Å²) in [7, 11) is 0. The second-order valence-corrected chi connectivity index (χ2v) is 6.72. The van der Waals surface area contributed by atoms with Gasteiger partial charge in [-0.05, 0) is 36.8 Å². The Bertz CT molecular complexity index is 883. The quantitative estimate of drug-likeness (QED) is 0.650. The fourth-order valence-electron chi connectivity index (χ4n) is 2.86. The zero-order chi connectivity index (χ0) is 19.2. The molecule has 138 valence electrons. The summed E-state index contributed by atoms with van der Waals surface area (Å²) in [6.45, 7) is 4.86. The molecule has 1 aromatic heterocycles. The van der Waals surface area contributed by atoms with E-state index in [1.54, 1.807) is 24.5 Å². The van der Waals surface area contributed by atoms with Gasteiger partial charge in [0, 0.05) is 49.3 Å². The van der Waals surface area contributed by atoms with Crippen molar-refractivity contribution in [1.82, 2.24) is 9.88 Å². The molecule has 0 saturated carbocycles. The first-order valence-corrected chi connectivity index (χ1v) is 9.04. The molecule has 0 atom stereocenters. The highest BCUT2D eigenvalue weighted by Crippen LogP contribution is 2.21. The van der Waals surface area contributed by atoms with E-state index in [9.17, 15) is 10.1 Å². The summed E-state index contributed by atoms with van der Waals surface area (Å²) >= 11 is 5.98. The van der Waals surface area contributed by atoms with Crippen molar-refractivity contribution in [2.75, 3.05) is 36.4 Å². The minimum atomic E-state index is -0.435. The molecule has 0 unspecified atom stereocenters. The molecule has 0 spiro atoms. The van der Waals surface area contributed by atoms with Gasteiger partial charge in [0.1, 0.15) is 17.5 Å². The van der Waals surface area contributed by atoms with Crippen LogP contribution in [-0.4, -0.2) is 42.0 Å². The van der Waals surface area contributed by atoms with Gasteiger partial charge in [0.05, 0.1) is 0 Å². The van der Waals surface area contributed by atoms with Crippen molar-refractivity contribution in [2.45, 2.75) is 6.92 Å². The van der Waals surface area contributed by atoms with Crippen molar-refractivity contribution in [3.8, 4) is 6.07 Å². The van der Waals surface area contributed by atoms with Gasteiger partial charge in [-0.25, -0.2) is 4.98 Å². The molecule has 1 amide bonds. The van der Waals surface area contributed by atoms with Crippen LogP contribution in [0.15, 0.2) is 54.4 Å². The number of aromatic nitrogens is 1. The van der Waals surface area contributed by atoms with Gasteiger partial charge in [-0.3, -0.25) is 4.79 Å². The zero-order valence-electron chi connectivity index (χ0n) is 15.0. The van der Waals surface area contributed by atoms with Crippen molar-refractivity contribution >= 4 is 29.0 Å². The highest BCUT2D eigenvalue weighted by atomic mass is 35.5. The van der Waals surface area contributed by atoms with E-state index in [1.165, 1.54) is 0 Å². The Labute approximate surface area is 163 Å². The average molecular weight is 382 g/mol. The van der Waals surface area contributed by atoms with E-state index in [0.717, 1.165) is 24.5 Å². The zero-order valence-corrected chi connectivity index (χ0v) is 15.8. The first kappa shape index (κ1) is 18.7. The average Bonchev–Trinajstić information content (AvgIpc) is 2.70. The predicted octanol–water partition coefficient (Wildman–Crippen LogP) is 3.21. The second kappa shape index (κ2) is 8.56. The third kappa shape index (κ3) is 4.78. The van der Waals surface area contributed by atoms with Gasteiger partial charge in [-0.15, -0.1) is 0 Å². The fourth-order valence-corrected chi connectivity index (χ4v) is 3.03. The van der Waals surface area contributed by atoms with Crippen LogP contribution in [0.2, 0.25) is 5.02 Å². The molecule has 0 bridgehead atoms. The lowest BCUT2D eigenvalue weighted by molar-refractivity contribution is -0.112. The third-order valence-corrected chi connectivity index (χ3v) is 4.65. The second-order valence-electron chi connectivity index (χ2n) is 6.28. The SMILES string of the molecule is Cc1ccc(Cl)cc1NC(=O)/C(C#N)=C\N1CCN(c2ccccn2)CC1. The van der Waals surface area contributed by atoms with Crippen LogP contribution in [0.4, 0.5) is 11.5 Å². The van der Waals surface area contributed by atoms with Crippen LogP contribution in [-0.2, 0) is 4.79 Å². The van der Waals surface area contributed by atoms with E-state index < -0.39 is 5.91 Å². The Morgan fingerprint density at radius 2 is 2.04 bits per heavy atom. The maximum Gasteiger partial charge on any atom is 0.267 e. The predicted molar refractivity (Wildman–Crippen MR) is 107 cm³/mol. The lowest BCUT2D eigenvalue weighted by Gasteiger charge is -2.34. The largest absolute Gasteiger partial charge is 0.373 e. The normalized spacial score (nSPS) is 14.6. The number of hydrogen-bond acceptors (Lipinski definition) is 5. The number of hydrogen-bond donors (Lipinski definition) is 1. The van der Waals surface area contributed by atoms with Crippen LogP contribution < -0.4 is 10.2 Å². The molecular formula is C20H20ClN5O. The minimum absolute atomic E-state index is 0.0701. The fraction of sp³-hybridized carbons (Fsp3) is 0.250. The van der Waals surface area contributed by atoms with Crippen molar-refractivity contribution in [3.05, 3.63) is 65.0 Å². The summed E-state index contributed by atoms with van der Waals surface area (Å²) in [5, 5.41) is 12.7. The number of carbonyl (C=O) groups excluding carboxylic acids is 1. The molecule has 2 aromatic rings. The molecule has 27 heavy (non-hydrogen) atoms. The maximum absolute atomic E-state index is 12.5. The van der Waals surface area contributed by atoms with Gasteiger partial charge in [0.2, 0.25) is 0 Å². The minimum Gasteiger partial charge on any atom is -0.373 e. The number of anilines is 2.